The second kappa shape index (κ2) is 4.38. The molecule has 1 unspecified atom stereocenters. The Kier molecular flexibility index (Phi) is 2.84. The highest BCUT2D eigenvalue weighted by Crippen LogP contribution is 2.62. The molecule has 2 aromatic rings. The lowest BCUT2D eigenvalue weighted by Crippen LogP contribution is -2.16. The first-order valence-electron chi connectivity index (χ1n) is 7.39. The number of imidazole rings is 1. The molecule has 2 fully saturated rings. The standard InChI is InChI=1S/C16H18Cl2N2/c1-10(17)15-19-13-4-2-3-12(18)14(13)20(15)9-16(7-8-16)11-5-6-11/h2-4,10-11H,5-9H2,1H3. The number of aromatic nitrogens is 2. The van der Waals surface area contributed by atoms with Crippen molar-refractivity contribution in [3.63, 3.8) is 0 Å². The third-order valence-electron chi connectivity index (χ3n) is 4.91. The Bertz CT molecular complexity index is 666. The first-order chi connectivity index (χ1) is 9.61. The van der Waals surface area contributed by atoms with Crippen molar-refractivity contribution in [1.29, 1.82) is 0 Å². The van der Waals surface area contributed by atoms with Crippen LogP contribution in [0.25, 0.3) is 11.0 Å². The molecular weight excluding hydrogens is 291 g/mol. The molecule has 0 radical (unpaired) electrons. The van der Waals surface area contributed by atoms with Crippen LogP contribution in [-0.4, -0.2) is 9.55 Å². The molecule has 1 aromatic carbocycles. The van der Waals surface area contributed by atoms with Gasteiger partial charge >= 0.3 is 0 Å². The lowest BCUT2D eigenvalue weighted by atomic mass is 10.0. The van der Waals surface area contributed by atoms with E-state index in [1.807, 2.05) is 25.1 Å². The van der Waals surface area contributed by atoms with E-state index < -0.39 is 0 Å². The molecule has 0 amide bonds. The van der Waals surface area contributed by atoms with E-state index >= 15 is 0 Å². The Labute approximate surface area is 129 Å². The number of hydrogen-bond donors (Lipinski definition) is 0. The minimum absolute atomic E-state index is 0.0894. The summed E-state index contributed by atoms with van der Waals surface area (Å²) in [4.78, 5) is 4.71. The Morgan fingerprint density at radius 3 is 2.75 bits per heavy atom. The van der Waals surface area contributed by atoms with Crippen molar-refractivity contribution in [3.8, 4) is 0 Å². The molecular formula is C16H18Cl2N2. The van der Waals surface area contributed by atoms with Gasteiger partial charge in [-0.05, 0) is 56.1 Å². The van der Waals surface area contributed by atoms with Crippen molar-refractivity contribution >= 4 is 34.2 Å². The van der Waals surface area contributed by atoms with Gasteiger partial charge in [-0.15, -0.1) is 11.6 Å². The summed E-state index contributed by atoms with van der Waals surface area (Å²) < 4.78 is 2.29. The molecule has 2 saturated carbocycles. The molecule has 106 valence electrons. The third-order valence-corrected chi connectivity index (χ3v) is 5.41. The van der Waals surface area contributed by atoms with E-state index in [9.17, 15) is 0 Å². The molecule has 1 heterocycles. The van der Waals surface area contributed by atoms with E-state index in [0.717, 1.165) is 34.3 Å². The summed E-state index contributed by atoms with van der Waals surface area (Å²) in [5.74, 6) is 1.88. The quantitative estimate of drug-likeness (QED) is 0.712. The molecule has 0 spiro atoms. The molecule has 4 heteroatoms. The maximum absolute atomic E-state index is 6.42. The van der Waals surface area contributed by atoms with Crippen LogP contribution in [0.1, 0.15) is 43.8 Å². The van der Waals surface area contributed by atoms with Gasteiger partial charge in [-0.1, -0.05) is 17.7 Å². The zero-order valence-corrected chi connectivity index (χ0v) is 13.1. The molecule has 2 nitrogen and oxygen atoms in total. The largest absolute Gasteiger partial charge is 0.325 e. The van der Waals surface area contributed by atoms with E-state index in [0.29, 0.717) is 5.41 Å². The van der Waals surface area contributed by atoms with E-state index in [4.69, 9.17) is 28.2 Å². The zero-order valence-electron chi connectivity index (χ0n) is 11.6. The summed E-state index contributed by atoms with van der Waals surface area (Å²) >= 11 is 12.8. The number of nitrogens with zero attached hydrogens (tertiary/aromatic N) is 2. The highest BCUT2D eigenvalue weighted by Gasteiger charge is 2.54. The molecule has 2 aliphatic carbocycles. The molecule has 4 rings (SSSR count). The summed E-state index contributed by atoms with van der Waals surface area (Å²) in [6.45, 7) is 3.02. The predicted molar refractivity (Wildman–Crippen MR) is 83.4 cm³/mol. The van der Waals surface area contributed by atoms with Crippen LogP contribution in [0.5, 0.6) is 0 Å². The summed E-state index contributed by atoms with van der Waals surface area (Å²) in [6.07, 6.45) is 5.48. The number of halogens is 2. The van der Waals surface area contributed by atoms with Crippen molar-refractivity contribution in [2.45, 2.75) is 44.5 Å². The van der Waals surface area contributed by atoms with Crippen LogP contribution in [0.4, 0.5) is 0 Å². The topological polar surface area (TPSA) is 17.8 Å². The fourth-order valence-corrected chi connectivity index (χ4v) is 3.93. The van der Waals surface area contributed by atoms with Crippen LogP contribution in [0.3, 0.4) is 0 Å². The second-order valence-electron chi connectivity index (χ2n) is 6.42. The number of benzene rings is 1. The minimum atomic E-state index is -0.0894. The van der Waals surface area contributed by atoms with Gasteiger partial charge in [0.2, 0.25) is 0 Å². The van der Waals surface area contributed by atoms with Gasteiger partial charge in [0.1, 0.15) is 5.82 Å². The van der Waals surface area contributed by atoms with Crippen LogP contribution in [0.15, 0.2) is 18.2 Å². The Morgan fingerprint density at radius 1 is 1.40 bits per heavy atom. The normalized spacial score (nSPS) is 22.1. The van der Waals surface area contributed by atoms with Gasteiger partial charge in [0.15, 0.2) is 0 Å². The lowest BCUT2D eigenvalue weighted by Gasteiger charge is -2.19. The fourth-order valence-electron chi connectivity index (χ4n) is 3.49. The molecule has 1 atom stereocenters. The second-order valence-corrected chi connectivity index (χ2v) is 7.48. The summed E-state index contributed by atoms with van der Waals surface area (Å²) in [6, 6.07) is 5.93. The number of para-hydroxylation sites is 1. The number of rotatable bonds is 4. The van der Waals surface area contributed by atoms with Gasteiger partial charge in [0.25, 0.3) is 0 Å². The molecule has 0 aliphatic heterocycles. The van der Waals surface area contributed by atoms with E-state index in [-0.39, 0.29) is 5.38 Å². The molecule has 0 bridgehead atoms. The number of fused-ring (bicyclic) bond motifs is 1. The Morgan fingerprint density at radius 2 is 2.15 bits per heavy atom. The van der Waals surface area contributed by atoms with E-state index in [1.54, 1.807) is 0 Å². The van der Waals surface area contributed by atoms with Crippen LogP contribution < -0.4 is 0 Å². The zero-order chi connectivity index (χ0) is 13.9. The van der Waals surface area contributed by atoms with Gasteiger partial charge < -0.3 is 4.57 Å². The van der Waals surface area contributed by atoms with E-state index in [2.05, 4.69) is 4.57 Å². The van der Waals surface area contributed by atoms with Gasteiger partial charge in [-0.3, -0.25) is 0 Å². The van der Waals surface area contributed by atoms with Crippen molar-refractivity contribution in [1.82, 2.24) is 9.55 Å². The van der Waals surface area contributed by atoms with Crippen molar-refractivity contribution in [2.75, 3.05) is 0 Å². The van der Waals surface area contributed by atoms with Crippen molar-refractivity contribution < 1.29 is 0 Å². The fraction of sp³-hybridized carbons (Fsp3) is 0.562. The first-order valence-corrected chi connectivity index (χ1v) is 8.21. The maximum atomic E-state index is 6.42. The molecule has 0 saturated heterocycles. The van der Waals surface area contributed by atoms with Gasteiger partial charge in [-0.25, -0.2) is 4.98 Å². The predicted octanol–water partition coefficient (Wildman–Crippen LogP) is 5.18. The van der Waals surface area contributed by atoms with Gasteiger partial charge in [0, 0.05) is 6.54 Å². The molecule has 1 aromatic heterocycles. The van der Waals surface area contributed by atoms with E-state index in [1.165, 1.54) is 25.7 Å². The number of hydrogen-bond acceptors (Lipinski definition) is 1. The average Bonchev–Trinajstić information content (AvgIpc) is 3.27. The lowest BCUT2D eigenvalue weighted by molar-refractivity contribution is 0.369. The summed E-state index contributed by atoms with van der Waals surface area (Å²) in [5, 5.41) is 0.693. The SMILES string of the molecule is CC(Cl)c1nc2cccc(Cl)c2n1CC1(C2CC2)CC1. The summed E-state index contributed by atoms with van der Waals surface area (Å²) in [5.41, 5.74) is 2.53. The minimum Gasteiger partial charge on any atom is -0.325 e. The molecule has 2 aliphatic rings. The Hall–Kier alpha value is -0.730. The average molecular weight is 309 g/mol. The van der Waals surface area contributed by atoms with Crippen LogP contribution in [0, 0.1) is 11.3 Å². The smallest absolute Gasteiger partial charge is 0.127 e. The molecule has 20 heavy (non-hydrogen) atoms. The highest BCUT2D eigenvalue weighted by atomic mass is 35.5. The van der Waals surface area contributed by atoms with Crippen LogP contribution in [0.2, 0.25) is 5.02 Å². The van der Waals surface area contributed by atoms with Crippen molar-refractivity contribution in [3.05, 3.63) is 29.0 Å². The van der Waals surface area contributed by atoms with Crippen LogP contribution in [-0.2, 0) is 6.54 Å². The maximum Gasteiger partial charge on any atom is 0.127 e. The monoisotopic (exact) mass is 308 g/mol. The van der Waals surface area contributed by atoms with Gasteiger partial charge in [-0.2, -0.15) is 0 Å². The van der Waals surface area contributed by atoms with Crippen molar-refractivity contribution in [2.24, 2.45) is 11.3 Å². The molecule has 0 N–H and O–H groups in total. The number of alkyl halides is 1. The Balaban J connectivity index is 1.85. The van der Waals surface area contributed by atoms with Crippen LogP contribution >= 0.6 is 23.2 Å². The first kappa shape index (κ1) is 13.0. The summed E-state index contributed by atoms with van der Waals surface area (Å²) in [7, 11) is 0. The van der Waals surface area contributed by atoms with Gasteiger partial charge in [0.05, 0.1) is 21.4 Å². The highest BCUT2D eigenvalue weighted by molar-refractivity contribution is 6.35. The third kappa shape index (κ3) is 1.96.